The highest BCUT2D eigenvalue weighted by Crippen LogP contribution is 2.08. The van der Waals surface area contributed by atoms with Crippen LogP contribution < -0.4 is 11.1 Å². The van der Waals surface area contributed by atoms with Crippen molar-refractivity contribution in [2.24, 2.45) is 5.73 Å². The number of methoxy groups -OCH3 is 1. The lowest BCUT2D eigenvalue weighted by Crippen LogP contribution is -2.28. The summed E-state index contributed by atoms with van der Waals surface area (Å²) in [7, 11) is 1.33. The molecule has 1 aromatic rings. The lowest BCUT2D eigenvalue weighted by Gasteiger charge is -2.11. The Morgan fingerprint density at radius 2 is 2.44 bits per heavy atom. The lowest BCUT2D eigenvalue weighted by atomic mass is 10.2. The van der Waals surface area contributed by atoms with Gasteiger partial charge in [-0.1, -0.05) is 6.92 Å². The number of esters is 1. The molecule has 0 saturated carbocycles. The number of nitrogens with zero attached hydrogens (tertiary/aromatic N) is 1. The average molecular weight is 223 g/mol. The summed E-state index contributed by atoms with van der Waals surface area (Å²) in [6, 6.07) is 3.54. The Kier molecular flexibility index (Phi) is 4.72. The molecule has 1 unspecified atom stereocenters. The molecular formula is C11H17N3O2. The van der Waals surface area contributed by atoms with E-state index in [-0.39, 0.29) is 11.7 Å². The monoisotopic (exact) mass is 223 g/mol. The summed E-state index contributed by atoms with van der Waals surface area (Å²) in [5.74, 6) is -0.441. The van der Waals surface area contributed by atoms with Gasteiger partial charge in [-0.25, -0.2) is 9.78 Å². The summed E-state index contributed by atoms with van der Waals surface area (Å²) in [6.07, 6.45) is 2.47. The molecule has 0 spiro atoms. The van der Waals surface area contributed by atoms with Gasteiger partial charge < -0.3 is 15.8 Å². The van der Waals surface area contributed by atoms with Gasteiger partial charge in [-0.15, -0.1) is 0 Å². The molecule has 0 aliphatic carbocycles. The van der Waals surface area contributed by atoms with Gasteiger partial charge in [-0.05, 0) is 18.6 Å². The summed E-state index contributed by atoms with van der Waals surface area (Å²) in [5.41, 5.74) is 6.88. The van der Waals surface area contributed by atoms with E-state index in [4.69, 9.17) is 5.73 Å². The first kappa shape index (κ1) is 12.4. The standard InChI is InChI=1S/C11H17N3O2/c1-3-8(12)7-14-9-4-5-13-10(6-9)11(15)16-2/h4-6,8H,3,7,12H2,1-2H3,(H,13,14). The molecule has 0 amide bonds. The van der Waals surface area contributed by atoms with Crippen LogP contribution in [-0.4, -0.2) is 30.6 Å². The largest absolute Gasteiger partial charge is 0.464 e. The predicted octanol–water partition coefficient (Wildman–Crippen LogP) is 1.02. The smallest absolute Gasteiger partial charge is 0.356 e. The Labute approximate surface area is 95.0 Å². The molecule has 1 rings (SSSR count). The Balaban J connectivity index is 2.64. The molecule has 1 heterocycles. The van der Waals surface area contributed by atoms with Gasteiger partial charge in [0.15, 0.2) is 0 Å². The van der Waals surface area contributed by atoms with Crippen molar-refractivity contribution in [1.29, 1.82) is 0 Å². The second-order valence-corrected chi connectivity index (χ2v) is 3.47. The fourth-order valence-corrected chi connectivity index (χ4v) is 1.15. The van der Waals surface area contributed by atoms with Gasteiger partial charge in [0.1, 0.15) is 5.69 Å². The van der Waals surface area contributed by atoms with Crippen molar-refractivity contribution in [3.8, 4) is 0 Å². The zero-order chi connectivity index (χ0) is 12.0. The minimum Gasteiger partial charge on any atom is -0.464 e. The van der Waals surface area contributed by atoms with Crippen molar-refractivity contribution in [3.05, 3.63) is 24.0 Å². The lowest BCUT2D eigenvalue weighted by molar-refractivity contribution is 0.0594. The summed E-state index contributed by atoms with van der Waals surface area (Å²) < 4.78 is 4.58. The molecule has 5 nitrogen and oxygen atoms in total. The topological polar surface area (TPSA) is 77.2 Å². The Morgan fingerprint density at radius 3 is 3.06 bits per heavy atom. The van der Waals surface area contributed by atoms with Crippen molar-refractivity contribution in [2.75, 3.05) is 19.0 Å². The normalized spacial score (nSPS) is 11.9. The molecule has 5 heteroatoms. The number of anilines is 1. The van der Waals surface area contributed by atoms with Gasteiger partial charge >= 0.3 is 5.97 Å². The maximum atomic E-state index is 11.2. The molecule has 3 N–H and O–H groups in total. The van der Waals surface area contributed by atoms with Crippen LogP contribution in [0, 0.1) is 0 Å². The number of ether oxygens (including phenoxy) is 1. The summed E-state index contributed by atoms with van der Waals surface area (Å²) in [5, 5.41) is 3.14. The van der Waals surface area contributed by atoms with Crippen LogP contribution in [0.3, 0.4) is 0 Å². The van der Waals surface area contributed by atoms with E-state index in [1.165, 1.54) is 7.11 Å². The molecule has 0 fully saturated rings. The number of nitrogens with one attached hydrogen (secondary N) is 1. The van der Waals surface area contributed by atoms with Crippen LogP contribution in [0.4, 0.5) is 5.69 Å². The fraction of sp³-hybridized carbons (Fsp3) is 0.455. The summed E-state index contributed by atoms with van der Waals surface area (Å²) in [4.78, 5) is 15.1. The molecule has 1 aromatic heterocycles. The average Bonchev–Trinajstić information content (AvgIpc) is 2.35. The number of carbonyl (C=O) groups is 1. The first-order valence-electron chi connectivity index (χ1n) is 5.21. The van der Waals surface area contributed by atoms with Gasteiger partial charge in [0.05, 0.1) is 7.11 Å². The van der Waals surface area contributed by atoms with Gasteiger partial charge in [-0.2, -0.15) is 0 Å². The van der Waals surface area contributed by atoms with Crippen LogP contribution in [0.1, 0.15) is 23.8 Å². The molecule has 88 valence electrons. The number of nitrogens with two attached hydrogens (primary N) is 1. The van der Waals surface area contributed by atoms with Gasteiger partial charge in [0.2, 0.25) is 0 Å². The van der Waals surface area contributed by atoms with Gasteiger partial charge in [0.25, 0.3) is 0 Å². The molecular weight excluding hydrogens is 206 g/mol. The van der Waals surface area contributed by atoms with Gasteiger partial charge in [-0.3, -0.25) is 0 Å². The van der Waals surface area contributed by atoms with Crippen LogP contribution in [0.2, 0.25) is 0 Å². The molecule has 0 aliphatic heterocycles. The van der Waals surface area contributed by atoms with E-state index >= 15 is 0 Å². The van der Waals surface area contributed by atoms with Crippen LogP contribution in [0.5, 0.6) is 0 Å². The van der Waals surface area contributed by atoms with Crippen molar-refractivity contribution in [3.63, 3.8) is 0 Å². The van der Waals surface area contributed by atoms with E-state index in [1.54, 1.807) is 18.3 Å². The van der Waals surface area contributed by atoms with Crippen LogP contribution in [0.15, 0.2) is 18.3 Å². The van der Waals surface area contributed by atoms with Crippen molar-refractivity contribution < 1.29 is 9.53 Å². The third-order valence-corrected chi connectivity index (χ3v) is 2.25. The number of aromatic nitrogens is 1. The van der Waals surface area contributed by atoms with E-state index in [0.717, 1.165) is 12.1 Å². The highest BCUT2D eigenvalue weighted by atomic mass is 16.5. The second kappa shape index (κ2) is 6.07. The summed E-state index contributed by atoms with van der Waals surface area (Å²) in [6.45, 7) is 2.69. The molecule has 0 aliphatic rings. The number of hydrogen-bond donors (Lipinski definition) is 2. The van der Waals surface area contributed by atoms with E-state index < -0.39 is 5.97 Å². The van der Waals surface area contributed by atoms with Gasteiger partial charge in [0, 0.05) is 24.5 Å². The third kappa shape index (κ3) is 3.51. The third-order valence-electron chi connectivity index (χ3n) is 2.25. The van der Waals surface area contributed by atoms with Crippen LogP contribution in [0.25, 0.3) is 0 Å². The van der Waals surface area contributed by atoms with Crippen molar-refractivity contribution >= 4 is 11.7 Å². The molecule has 0 bridgehead atoms. The minimum atomic E-state index is -0.441. The van der Waals surface area contributed by atoms with Crippen molar-refractivity contribution in [1.82, 2.24) is 4.98 Å². The van der Waals surface area contributed by atoms with Crippen molar-refractivity contribution in [2.45, 2.75) is 19.4 Å². The molecule has 0 radical (unpaired) electrons. The SMILES string of the molecule is CCC(N)CNc1ccnc(C(=O)OC)c1. The molecule has 0 aromatic carbocycles. The number of pyridine rings is 1. The first-order valence-corrected chi connectivity index (χ1v) is 5.21. The van der Waals surface area contributed by atoms with E-state index in [9.17, 15) is 4.79 Å². The minimum absolute atomic E-state index is 0.106. The predicted molar refractivity (Wildman–Crippen MR) is 62.3 cm³/mol. The zero-order valence-corrected chi connectivity index (χ0v) is 9.56. The number of rotatable bonds is 5. The Bertz CT molecular complexity index is 355. The zero-order valence-electron chi connectivity index (χ0n) is 9.56. The molecule has 16 heavy (non-hydrogen) atoms. The highest BCUT2D eigenvalue weighted by molar-refractivity contribution is 5.88. The summed E-state index contributed by atoms with van der Waals surface area (Å²) >= 11 is 0. The Morgan fingerprint density at radius 1 is 1.69 bits per heavy atom. The van der Waals surface area contributed by atoms with E-state index in [2.05, 4.69) is 15.0 Å². The molecule has 0 saturated heterocycles. The Hall–Kier alpha value is -1.62. The number of hydrogen-bond acceptors (Lipinski definition) is 5. The fourth-order valence-electron chi connectivity index (χ4n) is 1.15. The first-order chi connectivity index (χ1) is 7.67. The number of carbonyl (C=O) groups excluding carboxylic acids is 1. The maximum Gasteiger partial charge on any atom is 0.356 e. The second-order valence-electron chi connectivity index (χ2n) is 3.47. The van der Waals surface area contributed by atoms with E-state index in [1.807, 2.05) is 6.92 Å². The molecule has 1 atom stereocenters. The van der Waals surface area contributed by atoms with E-state index in [0.29, 0.717) is 6.54 Å². The quantitative estimate of drug-likeness (QED) is 0.729. The maximum absolute atomic E-state index is 11.2. The van der Waals surface area contributed by atoms with Crippen LogP contribution >= 0.6 is 0 Å². The highest BCUT2D eigenvalue weighted by Gasteiger charge is 2.07. The van der Waals surface area contributed by atoms with Crippen LogP contribution in [-0.2, 0) is 4.74 Å².